The number of anilines is 1. The zero-order valence-electron chi connectivity index (χ0n) is 14.2. The second-order valence-corrected chi connectivity index (χ2v) is 6.29. The molecule has 0 saturated carbocycles. The molecular weight excluding hydrogens is 298 g/mol. The molecule has 1 aliphatic heterocycles. The van der Waals surface area contributed by atoms with Crippen molar-refractivity contribution in [3.8, 4) is 0 Å². The summed E-state index contributed by atoms with van der Waals surface area (Å²) in [5, 5.41) is 3.11. The van der Waals surface area contributed by atoms with Crippen molar-refractivity contribution >= 4 is 11.7 Å². The van der Waals surface area contributed by atoms with Crippen LogP contribution in [0.25, 0.3) is 0 Å². The van der Waals surface area contributed by atoms with Crippen molar-refractivity contribution in [2.75, 3.05) is 24.5 Å². The van der Waals surface area contributed by atoms with E-state index in [1.54, 1.807) is 6.20 Å². The minimum atomic E-state index is -0.0284. The summed E-state index contributed by atoms with van der Waals surface area (Å²) in [6, 6.07) is 14.1. The van der Waals surface area contributed by atoms with Crippen LogP contribution in [0.5, 0.6) is 0 Å². The number of benzene rings is 1. The molecule has 3 rings (SSSR count). The van der Waals surface area contributed by atoms with Crippen molar-refractivity contribution in [1.82, 2.24) is 10.3 Å². The van der Waals surface area contributed by atoms with E-state index >= 15 is 0 Å². The number of amides is 1. The van der Waals surface area contributed by atoms with Crippen LogP contribution in [0.15, 0.2) is 48.7 Å². The molecule has 1 saturated heterocycles. The third kappa shape index (κ3) is 3.75. The molecule has 0 radical (unpaired) electrons. The largest absolute Gasteiger partial charge is 0.356 e. The van der Waals surface area contributed by atoms with Gasteiger partial charge in [0.25, 0.3) is 5.91 Å². The normalized spacial score (nSPS) is 15.3. The van der Waals surface area contributed by atoms with Gasteiger partial charge in [0.15, 0.2) is 0 Å². The molecule has 2 heterocycles. The smallest absolute Gasteiger partial charge is 0.255 e. The second kappa shape index (κ2) is 7.95. The van der Waals surface area contributed by atoms with Gasteiger partial charge in [-0.05, 0) is 37.0 Å². The minimum Gasteiger partial charge on any atom is -0.356 e. The van der Waals surface area contributed by atoms with Gasteiger partial charge in [0, 0.05) is 31.7 Å². The Morgan fingerprint density at radius 1 is 1.17 bits per heavy atom. The number of aromatic nitrogens is 1. The second-order valence-electron chi connectivity index (χ2n) is 6.29. The lowest BCUT2D eigenvalue weighted by Gasteiger charge is -2.20. The zero-order valence-corrected chi connectivity index (χ0v) is 14.2. The topological polar surface area (TPSA) is 45.2 Å². The zero-order chi connectivity index (χ0) is 16.8. The molecule has 1 aliphatic rings. The van der Waals surface area contributed by atoms with E-state index in [1.165, 1.54) is 18.4 Å². The van der Waals surface area contributed by atoms with E-state index < -0.39 is 0 Å². The van der Waals surface area contributed by atoms with Crippen molar-refractivity contribution in [3.05, 3.63) is 59.8 Å². The standard InChI is InChI=1S/C20H25N3O/c1-2-16(17-9-4-3-5-10-17)15-22-20(24)18-11-8-12-21-19(18)23-13-6-7-14-23/h3-5,8-12,16H,2,6-7,13-15H2,1H3,(H,22,24)/t16-/m0/s1. The summed E-state index contributed by atoms with van der Waals surface area (Å²) >= 11 is 0. The van der Waals surface area contributed by atoms with E-state index in [2.05, 4.69) is 34.3 Å². The molecule has 1 fully saturated rings. The van der Waals surface area contributed by atoms with Gasteiger partial charge < -0.3 is 10.2 Å². The lowest BCUT2D eigenvalue weighted by molar-refractivity contribution is 0.0951. The maximum Gasteiger partial charge on any atom is 0.255 e. The van der Waals surface area contributed by atoms with Crippen LogP contribution in [0.1, 0.15) is 48.0 Å². The highest BCUT2D eigenvalue weighted by atomic mass is 16.1. The summed E-state index contributed by atoms with van der Waals surface area (Å²) in [6.45, 7) is 4.77. The van der Waals surface area contributed by atoms with Crippen LogP contribution in [-0.4, -0.2) is 30.5 Å². The van der Waals surface area contributed by atoms with Gasteiger partial charge in [-0.3, -0.25) is 4.79 Å². The lowest BCUT2D eigenvalue weighted by atomic mass is 9.96. The Balaban J connectivity index is 1.69. The molecule has 1 amide bonds. The fourth-order valence-electron chi connectivity index (χ4n) is 3.29. The van der Waals surface area contributed by atoms with Crippen molar-refractivity contribution in [2.24, 2.45) is 0 Å². The maximum absolute atomic E-state index is 12.7. The quantitative estimate of drug-likeness (QED) is 0.883. The van der Waals surface area contributed by atoms with Crippen LogP contribution in [0.3, 0.4) is 0 Å². The molecule has 0 bridgehead atoms. The predicted octanol–water partition coefficient (Wildman–Crippen LogP) is 3.61. The molecule has 0 unspecified atom stereocenters. The molecule has 1 atom stereocenters. The van der Waals surface area contributed by atoms with Crippen LogP contribution >= 0.6 is 0 Å². The van der Waals surface area contributed by atoms with Crippen molar-refractivity contribution in [2.45, 2.75) is 32.1 Å². The monoisotopic (exact) mass is 323 g/mol. The fraction of sp³-hybridized carbons (Fsp3) is 0.400. The Kier molecular flexibility index (Phi) is 5.47. The van der Waals surface area contributed by atoms with Crippen LogP contribution < -0.4 is 10.2 Å². The van der Waals surface area contributed by atoms with Crippen LogP contribution in [-0.2, 0) is 0 Å². The molecule has 24 heavy (non-hydrogen) atoms. The highest BCUT2D eigenvalue weighted by molar-refractivity contribution is 5.98. The summed E-state index contributed by atoms with van der Waals surface area (Å²) in [5.74, 6) is 1.13. The van der Waals surface area contributed by atoms with E-state index in [4.69, 9.17) is 0 Å². The number of nitrogens with zero attached hydrogens (tertiary/aromatic N) is 2. The first-order valence-electron chi connectivity index (χ1n) is 8.82. The van der Waals surface area contributed by atoms with E-state index in [9.17, 15) is 4.79 Å². The minimum absolute atomic E-state index is 0.0284. The first-order valence-corrected chi connectivity index (χ1v) is 8.82. The Morgan fingerprint density at radius 2 is 1.92 bits per heavy atom. The SMILES string of the molecule is CC[C@@H](CNC(=O)c1cccnc1N1CCCC1)c1ccccc1. The van der Waals surface area contributed by atoms with E-state index in [0.717, 1.165) is 25.3 Å². The number of hydrogen-bond acceptors (Lipinski definition) is 3. The molecule has 0 spiro atoms. The molecule has 0 aliphatic carbocycles. The first kappa shape index (κ1) is 16.5. The molecule has 1 aromatic heterocycles. The Morgan fingerprint density at radius 3 is 2.62 bits per heavy atom. The Labute approximate surface area is 143 Å². The number of pyridine rings is 1. The van der Waals surface area contributed by atoms with Gasteiger partial charge in [0.1, 0.15) is 5.82 Å². The number of nitrogens with one attached hydrogen (secondary N) is 1. The molecule has 1 aromatic carbocycles. The highest BCUT2D eigenvalue weighted by Gasteiger charge is 2.21. The van der Waals surface area contributed by atoms with Crippen LogP contribution in [0, 0.1) is 0 Å². The third-order valence-electron chi connectivity index (χ3n) is 4.71. The van der Waals surface area contributed by atoms with Crippen LogP contribution in [0.2, 0.25) is 0 Å². The molecular formula is C20H25N3O. The Hall–Kier alpha value is -2.36. The van der Waals surface area contributed by atoms with Gasteiger partial charge in [-0.15, -0.1) is 0 Å². The van der Waals surface area contributed by atoms with Crippen molar-refractivity contribution < 1.29 is 4.79 Å². The van der Waals surface area contributed by atoms with Crippen molar-refractivity contribution in [3.63, 3.8) is 0 Å². The average molecular weight is 323 g/mol. The van der Waals surface area contributed by atoms with Crippen LogP contribution in [0.4, 0.5) is 5.82 Å². The molecule has 126 valence electrons. The van der Waals surface area contributed by atoms with E-state index in [0.29, 0.717) is 18.0 Å². The number of rotatable bonds is 6. The molecule has 4 heteroatoms. The summed E-state index contributed by atoms with van der Waals surface area (Å²) in [5.41, 5.74) is 1.95. The van der Waals surface area contributed by atoms with Gasteiger partial charge in [-0.25, -0.2) is 4.98 Å². The summed E-state index contributed by atoms with van der Waals surface area (Å²) in [7, 11) is 0. The summed E-state index contributed by atoms with van der Waals surface area (Å²) in [6.07, 6.45) is 5.10. The van der Waals surface area contributed by atoms with E-state index in [-0.39, 0.29) is 5.91 Å². The van der Waals surface area contributed by atoms with Gasteiger partial charge in [0.05, 0.1) is 5.56 Å². The predicted molar refractivity (Wildman–Crippen MR) is 97.5 cm³/mol. The van der Waals surface area contributed by atoms with Gasteiger partial charge in [-0.1, -0.05) is 37.3 Å². The maximum atomic E-state index is 12.7. The Bertz CT molecular complexity index is 666. The molecule has 2 aromatic rings. The first-order chi connectivity index (χ1) is 11.8. The summed E-state index contributed by atoms with van der Waals surface area (Å²) < 4.78 is 0. The van der Waals surface area contributed by atoms with Crippen molar-refractivity contribution in [1.29, 1.82) is 0 Å². The van der Waals surface area contributed by atoms with Gasteiger partial charge in [-0.2, -0.15) is 0 Å². The summed E-state index contributed by atoms with van der Waals surface area (Å²) in [4.78, 5) is 19.4. The third-order valence-corrected chi connectivity index (χ3v) is 4.71. The fourth-order valence-corrected chi connectivity index (χ4v) is 3.29. The highest BCUT2D eigenvalue weighted by Crippen LogP contribution is 2.22. The number of carbonyl (C=O) groups is 1. The van der Waals surface area contributed by atoms with E-state index in [1.807, 2.05) is 30.3 Å². The van der Waals surface area contributed by atoms with Gasteiger partial charge in [0.2, 0.25) is 0 Å². The average Bonchev–Trinajstić information content (AvgIpc) is 3.17. The number of carbonyl (C=O) groups excluding carboxylic acids is 1. The molecule has 4 nitrogen and oxygen atoms in total. The number of hydrogen-bond donors (Lipinski definition) is 1. The molecule has 1 N–H and O–H groups in total. The lowest BCUT2D eigenvalue weighted by Crippen LogP contribution is -2.31. The van der Waals surface area contributed by atoms with Gasteiger partial charge >= 0.3 is 0 Å².